The van der Waals surface area contributed by atoms with Crippen LogP contribution >= 0.6 is 11.6 Å². The Morgan fingerprint density at radius 1 is 1.04 bits per heavy atom. The fourth-order valence-electron chi connectivity index (χ4n) is 3.85. The Hall–Kier alpha value is -2.04. The maximum Gasteiger partial charge on any atom is 0.140 e. The van der Waals surface area contributed by atoms with E-state index in [1.165, 1.54) is 50.2 Å². The van der Waals surface area contributed by atoms with E-state index in [1.807, 2.05) is 12.1 Å². The van der Waals surface area contributed by atoms with Crippen LogP contribution in [0.1, 0.15) is 68.1 Å². The van der Waals surface area contributed by atoms with Gasteiger partial charge in [-0.2, -0.15) is 0 Å². The van der Waals surface area contributed by atoms with Crippen LogP contribution in [0, 0.1) is 23.6 Å². The zero-order valence-corrected chi connectivity index (χ0v) is 16.6. The van der Waals surface area contributed by atoms with Gasteiger partial charge < -0.3 is 0 Å². The molecule has 3 rings (SSSR count). The normalized spacial score (nSPS) is 19.7. The largest absolute Gasteiger partial charge is 0.206 e. The quantitative estimate of drug-likeness (QED) is 0.380. The Kier molecular flexibility index (Phi) is 7.13. The van der Waals surface area contributed by atoms with Gasteiger partial charge in [-0.15, -0.1) is 0 Å². The lowest BCUT2D eigenvalue weighted by Crippen LogP contribution is -2.13. The number of halogens is 2. The minimum absolute atomic E-state index is 0.375. The summed E-state index contributed by atoms with van der Waals surface area (Å²) in [6.45, 7) is 2.09. The Bertz CT molecular complexity index is 831. The summed E-state index contributed by atoms with van der Waals surface area (Å²) in [5.74, 6) is 7.12. The van der Waals surface area contributed by atoms with Gasteiger partial charge in [0.05, 0.1) is 5.56 Å². The van der Waals surface area contributed by atoms with E-state index in [0.29, 0.717) is 16.5 Å². The fraction of sp³-hybridized carbons (Fsp3) is 0.360. The third-order valence-electron chi connectivity index (χ3n) is 5.48. The van der Waals surface area contributed by atoms with Crippen molar-refractivity contribution in [2.45, 2.75) is 51.4 Å². The van der Waals surface area contributed by atoms with E-state index >= 15 is 0 Å². The number of benzene rings is 2. The molecule has 1 aliphatic carbocycles. The van der Waals surface area contributed by atoms with Crippen molar-refractivity contribution in [2.75, 3.05) is 0 Å². The van der Waals surface area contributed by atoms with Crippen LogP contribution in [-0.2, 0) is 0 Å². The molecule has 2 aromatic carbocycles. The molecule has 0 bridgehead atoms. The minimum atomic E-state index is -0.377. The molecule has 0 unspecified atom stereocenters. The van der Waals surface area contributed by atoms with E-state index in [1.54, 1.807) is 12.1 Å². The molecule has 0 saturated heterocycles. The van der Waals surface area contributed by atoms with Gasteiger partial charge >= 0.3 is 0 Å². The minimum Gasteiger partial charge on any atom is -0.206 e. The molecule has 1 aliphatic rings. The second-order valence-electron chi connectivity index (χ2n) is 7.36. The van der Waals surface area contributed by atoms with Gasteiger partial charge in [0, 0.05) is 10.6 Å². The summed E-state index contributed by atoms with van der Waals surface area (Å²) in [5, 5.41) is 0.388. The Morgan fingerprint density at radius 2 is 1.78 bits per heavy atom. The van der Waals surface area contributed by atoms with Crippen molar-refractivity contribution >= 4 is 11.6 Å². The van der Waals surface area contributed by atoms with Crippen molar-refractivity contribution in [3.05, 3.63) is 82.1 Å². The molecule has 0 radical (unpaired) electrons. The van der Waals surface area contributed by atoms with E-state index in [9.17, 15) is 4.39 Å². The van der Waals surface area contributed by atoms with Gasteiger partial charge in [-0.3, -0.25) is 0 Å². The second-order valence-corrected chi connectivity index (χ2v) is 7.80. The van der Waals surface area contributed by atoms with Crippen molar-refractivity contribution < 1.29 is 4.39 Å². The highest BCUT2D eigenvalue weighted by Gasteiger charge is 2.21. The Balaban J connectivity index is 1.58. The lowest BCUT2D eigenvalue weighted by atomic mass is 9.77. The van der Waals surface area contributed by atoms with Crippen LogP contribution in [-0.4, -0.2) is 0 Å². The molecule has 0 aliphatic heterocycles. The highest BCUT2D eigenvalue weighted by molar-refractivity contribution is 6.30. The molecule has 2 heteroatoms. The number of hydrogen-bond donors (Lipinski definition) is 0. The lowest BCUT2D eigenvalue weighted by molar-refractivity contribution is 0.312. The molecule has 0 amide bonds. The van der Waals surface area contributed by atoms with Crippen LogP contribution in [0.25, 0.3) is 0 Å². The van der Waals surface area contributed by atoms with Crippen molar-refractivity contribution in [3.63, 3.8) is 0 Å². The maximum absolute atomic E-state index is 13.8. The maximum atomic E-state index is 13.8. The van der Waals surface area contributed by atoms with Crippen LogP contribution in [0.2, 0.25) is 5.02 Å². The summed E-state index contributed by atoms with van der Waals surface area (Å²) < 4.78 is 13.8. The molecule has 0 spiro atoms. The lowest BCUT2D eigenvalue weighted by Gasteiger charge is -2.28. The number of rotatable bonds is 4. The van der Waals surface area contributed by atoms with E-state index in [-0.39, 0.29) is 5.82 Å². The zero-order valence-electron chi connectivity index (χ0n) is 15.8. The third kappa shape index (κ3) is 5.72. The highest BCUT2D eigenvalue weighted by Crippen LogP contribution is 2.37. The summed E-state index contributed by atoms with van der Waals surface area (Å²) in [6, 6.07) is 13.0. The number of hydrogen-bond acceptors (Lipinski definition) is 0. The first kappa shape index (κ1) is 19.7. The molecular formula is C25H26ClF. The first-order valence-electron chi connectivity index (χ1n) is 9.84. The summed E-state index contributed by atoms with van der Waals surface area (Å²) in [7, 11) is 0. The van der Waals surface area contributed by atoms with Crippen molar-refractivity contribution in [3.8, 4) is 11.8 Å². The molecule has 0 aromatic heterocycles. The van der Waals surface area contributed by atoms with Crippen molar-refractivity contribution in [2.24, 2.45) is 5.92 Å². The standard InChI is InChI=1S/C25H26ClF/c1-2-3-4-5-19-6-11-21(12-7-19)22-13-8-20(9-14-22)10-15-23-16-17-24(26)18-25(23)27/h2-3,8-9,13-14,16-19,21H,4-7,11-12H2,1H3. The molecule has 0 atom stereocenters. The second kappa shape index (κ2) is 9.77. The Labute approximate surface area is 167 Å². The Morgan fingerprint density at radius 3 is 2.44 bits per heavy atom. The van der Waals surface area contributed by atoms with E-state index in [2.05, 4.69) is 43.0 Å². The summed E-state index contributed by atoms with van der Waals surface area (Å²) in [6.07, 6.45) is 12.2. The smallest absolute Gasteiger partial charge is 0.140 e. The molecule has 1 saturated carbocycles. The summed E-state index contributed by atoms with van der Waals surface area (Å²) >= 11 is 5.77. The molecule has 0 heterocycles. The van der Waals surface area contributed by atoms with Gasteiger partial charge in [-0.05, 0) is 93.2 Å². The SMILES string of the molecule is CC=CCCC1CCC(c2ccc(C#Cc3ccc(Cl)cc3F)cc2)CC1. The molecule has 0 N–H and O–H groups in total. The molecule has 1 fully saturated rings. The molecular weight excluding hydrogens is 355 g/mol. The van der Waals surface area contributed by atoms with Gasteiger partial charge in [0.2, 0.25) is 0 Å². The van der Waals surface area contributed by atoms with Gasteiger partial charge in [-0.25, -0.2) is 4.39 Å². The van der Waals surface area contributed by atoms with Gasteiger partial charge in [0.25, 0.3) is 0 Å². The van der Waals surface area contributed by atoms with Crippen LogP contribution < -0.4 is 0 Å². The zero-order chi connectivity index (χ0) is 19.1. The van der Waals surface area contributed by atoms with Crippen molar-refractivity contribution in [1.29, 1.82) is 0 Å². The van der Waals surface area contributed by atoms with Crippen LogP contribution in [0.4, 0.5) is 4.39 Å². The average Bonchev–Trinajstić information content (AvgIpc) is 2.69. The van der Waals surface area contributed by atoms with Crippen LogP contribution in [0.15, 0.2) is 54.6 Å². The number of allylic oxidation sites excluding steroid dienone is 2. The van der Waals surface area contributed by atoms with Gasteiger partial charge in [0.1, 0.15) is 5.82 Å². The molecule has 0 nitrogen and oxygen atoms in total. The average molecular weight is 381 g/mol. The van der Waals surface area contributed by atoms with Crippen molar-refractivity contribution in [1.82, 2.24) is 0 Å². The monoisotopic (exact) mass is 380 g/mol. The van der Waals surface area contributed by atoms with E-state index in [0.717, 1.165) is 11.5 Å². The topological polar surface area (TPSA) is 0 Å². The van der Waals surface area contributed by atoms with Gasteiger partial charge in [-0.1, -0.05) is 47.7 Å². The first-order chi connectivity index (χ1) is 13.2. The van der Waals surface area contributed by atoms with E-state index in [4.69, 9.17) is 11.6 Å². The fourth-order valence-corrected chi connectivity index (χ4v) is 4.01. The first-order valence-corrected chi connectivity index (χ1v) is 10.2. The summed E-state index contributed by atoms with van der Waals surface area (Å²) in [4.78, 5) is 0. The summed E-state index contributed by atoms with van der Waals surface area (Å²) in [5.41, 5.74) is 2.69. The molecule has 2 aromatic rings. The predicted octanol–water partition coefficient (Wildman–Crippen LogP) is 7.51. The van der Waals surface area contributed by atoms with E-state index < -0.39 is 0 Å². The highest BCUT2D eigenvalue weighted by atomic mass is 35.5. The van der Waals surface area contributed by atoms with Gasteiger partial charge in [0.15, 0.2) is 0 Å². The van der Waals surface area contributed by atoms with Crippen LogP contribution in [0.5, 0.6) is 0 Å². The predicted molar refractivity (Wildman–Crippen MR) is 113 cm³/mol. The third-order valence-corrected chi connectivity index (χ3v) is 5.71. The molecule has 140 valence electrons. The van der Waals surface area contributed by atoms with Crippen LogP contribution in [0.3, 0.4) is 0 Å². The molecule has 27 heavy (non-hydrogen) atoms.